The minimum atomic E-state index is -4.10. The monoisotopic (exact) mass is 172 g/mol. The van der Waals surface area contributed by atoms with E-state index in [1.54, 1.807) is 0 Å². The first-order chi connectivity index (χ1) is 2.56. The summed E-state index contributed by atoms with van der Waals surface area (Å²) in [5.74, 6) is 0. The molecule has 0 saturated carbocycles. The molecule has 0 amide bonds. The number of hydrogen-bond donors (Lipinski definition) is 0. The zero-order valence-electron chi connectivity index (χ0n) is 4.75. The first kappa shape index (κ1) is 16.7. The van der Waals surface area contributed by atoms with Crippen molar-refractivity contribution in [2.45, 2.75) is 0 Å². The van der Waals surface area contributed by atoms with Crippen LogP contribution in [0.25, 0.3) is 0 Å². The Morgan fingerprint density at radius 2 is 1.50 bits per heavy atom. The molecule has 8 heavy (non-hydrogen) atoms. The molecule has 0 aromatic heterocycles. The summed E-state index contributed by atoms with van der Waals surface area (Å²) in [6, 6.07) is 0. The van der Waals surface area contributed by atoms with Gasteiger partial charge >= 0.3 is 59.1 Å². The zero-order chi connectivity index (χ0) is 5.21. The zero-order valence-corrected chi connectivity index (χ0v) is 10.4. The van der Waals surface area contributed by atoms with Crippen LogP contribution in [0.2, 0.25) is 0 Å². The van der Waals surface area contributed by atoms with Crippen molar-refractivity contribution in [2.24, 2.45) is 0 Å². The maximum Gasteiger partial charge on any atom is 1.00 e. The van der Waals surface area contributed by atoms with Gasteiger partial charge in [0.05, 0.1) is 10.1 Å². The molecule has 0 atom stereocenters. The summed E-state index contributed by atoms with van der Waals surface area (Å²) < 4.78 is 28.0. The van der Waals surface area contributed by atoms with E-state index in [2.05, 4.69) is 12.6 Å². The molecule has 0 radical (unpaired) electrons. The SMILES string of the molecule is O=S(=O)([O-])C[S-].[Na+].[Na+]. The summed E-state index contributed by atoms with van der Waals surface area (Å²) in [5.41, 5.74) is 0. The van der Waals surface area contributed by atoms with Crippen LogP contribution in [0.5, 0.6) is 0 Å². The minimum Gasteiger partial charge on any atom is -0.778 e. The Labute approximate surface area is 98.3 Å². The Bertz CT molecular complexity index is 117. The quantitative estimate of drug-likeness (QED) is 0.224. The molecule has 0 spiro atoms. The van der Waals surface area contributed by atoms with Crippen molar-refractivity contribution in [3.8, 4) is 0 Å². The molecule has 3 nitrogen and oxygen atoms in total. The van der Waals surface area contributed by atoms with Crippen molar-refractivity contribution in [1.29, 1.82) is 0 Å². The average molecular weight is 172 g/mol. The predicted molar refractivity (Wildman–Crippen MR) is 21.9 cm³/mol. The number of hydrogen-bond acceptors (Lipinski definition) is 4. The molecule has 7 heteroatoms. The van der Waals surface area contributed by atoms with Crippen LogP contribution in [0.3, 0.4) is 0 Å². The molecule has 0 aromatic rings. The van der Waals surface area contributed by atoms with Crippen molar-refractivity contribution in [3.63, 3.8) is 0 Å². The van der Waals surface area contributed by atoms with Gasteiger partial charge in [-0.1, -0.05) is 5.08 Å². The normalized spacial score (nSPS) is 8.75. The molecule has 0 unspecified atom stereocenters. The fraction of sp³-hybridized carbons (Fsp3) is 1.00. The molecule has 0 fully saturated rings. The second kappa shape index (κ2) is 7.37. The van der Waals surface area contributed by atoms with E-state index in [-0.39, 0.29) is 59.1 Å². The van der Waals surface area contributed by atoms with Crippen LogP contribution in [0.4, 0.5) is 0 Å². The summed E-state index contributed by atoms with van der Waals surface area (Å²) in [4.78, 5) is 0. The molecular formula is CH2Na2O3S2. The molecular weight excluding hydrogens is 170 g/mol. The van der Waals surface area contributed by atoms with Crippen LogP contribution in [0.1, 0.15) is 0 Å². The van der Waals surface area contributed by atoms with E-state index >= 15 is 0 Å². The molecule has 0 saturated heterocycles. The third-order valence-corrected chi connectivity index (χ3v) is 1.30. The molecule has 0 aliphatic carbocycles. The van der Waals surface area contributed by atoms with Gasteiger partial charge in [0.2, 0.25) is 0 Å². The van der Waals surface area contributed by atoms with Gasteiger partial charge in [-0.25, -0.2) is 8.42 Å². The van der Waals surface area contributed by atoms with Gasteiger partial charge in [0.25, 0.3) is 0 Å². The van der Waals surface area contributed by atoms with Crippen LogP contribution in [0, 0.1) is 0 Å². The van der Waals surface area contributed by atoms with E-state index in [0.717, 1.165) is 0 Å². The Balaban J connectivity index is -0.000000125. The number of rotatable bonds is 1. The van der Waals surface area contributed by atoms with Crippen molar-refractivity contribution >= 4 is 22.7 Å². The van der Waals surface area contributed by atoms with Crippen LogP contribution < -0.4 is 59.1 Å². The summed E-state index contributed by atoms with van der Waals surface area (Å²) in [7, 11) is -4.10. The minimum absolute atomic E-state index is 0. The van der Waals surface area contributed by atoms with Gasteiger partial charge in [-0.05, 0) is 0 Å². The van der Waals surface area contributed by atoms with Crippen molar-refractivity contribution in [2.75, 3.05) is 5.08 Å². The molecule has 0 bridgehead atoms. The van der Waals surface area contributed by atoms with Gasteiger partial charge in [0, 0.05) is 0 Å². The predicted octanol–water partition coefficient (Wildman–Crippen LogP) is -6.96. The van der Waals surface area contributed by atoms with Crippen LogP contribution in [0.15, 0.2) is 0 Å². The Hall–Kier alpha value is 2.26. The average Bonchev–Trinajstić information content (AvgIpc) is 1.35. The van der Waals surface area contributed by atoms with E-state index in [0.29, 0.717) is 0 Å². The molecule has 0 aliphatic heterocycles. The first-order valence-corrected chi connectivity index (χ1v) is 3.23. The molecule has 0 heterocycles. The summed E-state index contributed by atoms with van der Waals surface area (Å²) in [6.07, 6.45) is 0. The van der Waals surface area contributed by atoms with Crippen LogP contribution in [-0.4, -0.2) is 18.1 Å². The molecule has 38 valence electrons. The summed E-state index contributed by atoms with van der Waals surface area (Å²) >= 11 is 3.89. The van der Waals surface area contributed by atoms with Gasteiger partial charge in [-0.3, -0.25) is 0 Å². The molecule has 0 N–H and O–H groups in total. The molecule has 0 rings (SSSR count). The van der Waals surface area contributed by atoms with Gasteiger partial charge < -0.3 is 17.2 Å². The fourth-order valence-corrected chi connectivity index (χ4v) is 0. The van der Waals surface area contributed by atoms with E-state index in [9.17, 15) is 13.0 Å². The third-order valence-electron chi connectivity index (χ3n) is 0.144. The molecule has 0 aromatic carbocycles. The van der Waals surface area contributed by atoms with E-state index in [4.69, 9.17) is 0 Å². The largest absolute Gasteiger partial charge is 1.00 e. The maximum absolute atomic E-state index is 9.34. The van der Waals surface area contributed by atoms with Crippen molar-refractivity contribution in [3.05, 3.63) is 0 Å². The van der Waals surface area contributed by atoms with E-state index in [1.165, 1.54) is 0 Å². The van der Waals surface area contributed by atoms with Crippen LogP contribution in [-0.2, 0) is 22.7 Å². The van der Waals surface area contributed by atoms with E-state index in [1.807, 2.05) is 0 Å². The van der Waals surface area contributed by atoms with Gasteiger partial charge in [-0.15, -0.1) is 0 Å². The smallest absolute Gasteiger partial charge is 0.778 e. The standard InChI is InChI=1S/CH4O3S2.2Na/c2-6(3,4)1-5;;/h5H,1H2,(H,2,3,4);;/q;2*+1/p-2. The summed E-state index contributed by atoms with van der Waals surface area (Å²) in [6.45, 7) is 0. The first-order valence-electron chi connectivity index (χ1n) is 1.08. The Morgan fingerprint density at radius 1 is 1.38 bits per heavy atom. The molecule has 0 aliphatic rings. The Kier molecular flexibility index (Phi) is 15.4. The topological polar surface area (TPSA) is 57.2 Å². The van der Waals surface area contributed by atoms with Gasteiger partial charge in [-0.2, -0.15) is 0 Å². The van der Waals surface area contributed by atoms with E-state index < -0.39 is 15.2 Å². The van der Waals surface area contributed by atoms with Crippen molar-refractivity contribution < 1.29 is 72.1 Å². The second-order valence-corrected chi connectivity index (χ2v) is 2.73. The van der Waals surface area contributed by atoms with Crippen LogP contribution >= 0.6 is 0 Å². The van der Waals surface area contributed by atoms with Crippen molar-refractivity contribution in [1.82, 2.24) is 0 Å². The fourth-order valence-electron chi connectivity index (χ4n) is 0. The summed E-state index contributed by atoms with van der Waals surface area (Å²) in [5, 5.41) is -0.729. The second-order valence-electron chi connectivity index (χ2n) is 0.676. The van der Waals surface area contributed by atoms with Gasteiger partial charge in [0.15, 0.2) is 0 Å². The van der Waals surface area contributed by atoms with Gasteiger partial charge in [0.1, 0.15) is 0 Å². The Morgan fingerprint density at radius 3 is 1.50 bits per heavy atom. The third kappa shape index (κ3) is 15.7. The maximum atomic E-state index is 9.34.